The summed E-state index contributed by atoms with van der Waals surface area (Å²) in [6, 6.07) is 13.2. The molecule has 0 aliphatic heterocycles. The lowest BCUT2D eigenvalue weighted by atomic mass is 10.1. The number of hydrogen-bond acceptors (Lipinski definition) is 2. The number of amides is 1. The molecule has 0 atom stereocenters. The molecular formula is C17H18INO2. The van der Waals surface area contributed by atoms with E-state index in [1.807, 2.05) is 63.2 Å². The number of ether oxygens (including phenoxy) is 1. The van der Waals surface area contributed by atoms with Gasteiger partial charge in [0.2, 0.25) is 0 Å². The van der Waals surface area contributed by atoms with Gasteiger partial charge >= 0.3 is 0 Å². The van der Waals surface area contributed by atoms with Crippen LogP contribution < -0.4 is 10.1 Å². The SMILES string of the molecule is Cc1cc(OC(C)C)ccc1NC(=O)c1ccccc1I. The van der Waals surface area contributed by atoms with Crippen molar-refractivity contribution in [2.24, 2.45) is 0 Å². The van der Waals surface area contributed by atoms with Gasteiger partial charge < -0.3 is 10.1 Å². The van der Waals surface area contributed by atoms with E-state index in [1.165, 1.54) is 0 Å². The number of carbonyl (C=O) groups is 1. The summed E-state index contributed by atoms with van der Waals surface area (Å²) in [5.41, 5.74) is 2.46. The van der Waals surface area contributed by atoms with Crippen LogP contribution >= 0.6 is 22.6 Å². The quantitative estimate of drug-likeness (QED) is 0.767. The highest BCUT2D eigenvalue weighted by Crippen LogP contribution is 2.23. The maximum atomic E-state index is 12.3. The van der Waals surface area contributed by atoms with E-state index >= 15 is 0 Å². The molecule has 1 N–H and O–H groups in total. The van der Waals surface area contributed by atoms with E-state index in [9.17, 15) is 4.79 Å². The second kappa shape index (κ2) is 6.93. The molecule has 0 saturated heterocycles. The monoisotopic (exact) mass is 395 g/mol. The van der Waals surface area contributed by atoms with Gasteiger partial charge in [-0.25, -0.2) is 0 Å². The standard InChI is InChI=1S/C17H18INO2/c1-11(2)21-13-8-9-16(12(3)10-13)19-17(20)14-6-4-5-7-15(14)18/h4-11H,1-3H3,(H,19,20). The molecule has 110 valence electrons. The largest absolute Gasteiger partial charge is 0.491 e. The molecule has 0 unspecified atom stereocenters. The molecule has 0 aromatic heterocycles. The van der Waals surface area contributed by atoms with Crippen LogP contribution in [0, 0.1) is 10.5 Å². The number of carbonyl (C=O) groups excluding carboxylic acids is 1. The van der Waals surface area contributed by atoms with Crippen LogP contribution in [0.15, 0.2) is 42.5 Å². The highest BCUT2D eigenvalue weighted by atomic mass is 127. The number of hydrogen-bond donors (Lipinski definition) is 1. The van der Waals surface area contributed by atoms with Crippen molar-refractivity contribution in [2.45, 2.75) is 26.9 Å². The van der Waals surface area contributed by atoms with Crippen molar-refractivity contribution < 1.29 is 9.53 Å². The summed E-state index contributed by atoms with van der Waals surface area (Å²) in [7, 11) is 0. The van der Waals surface area contributed by atoms with E-state index < -0.39 is 0 Å². The Morgan fingerprint density at radius 2 is 1.90 bits per heavy atom. The van der Waals surface area contributed by atoms with Gasteiger partial charge in [0.15, 0.2) is 0 Å². The van der Waals surface area contributed by atoms with E-state index in [0.717, 1.165) is 20.6 Å². The molecule has 0 aliphatic carbocycles. The minimum absolute atomic E-state index is 0.0966. The van der Waals surface area contributed by atoms with Gasteiger partial charge in [0, 0.05) is 9.26 Å². The maximum Gasteiger partial charge on any atom is 0.256 e. The molecule has 0 bridgehead atoms. The molecule has 0 fully saturated rings. The highest BCUT2D eigenvalue weighted by molar-refractivity contribution is 14.1. The molecule has 3 nitrogen and oxygen atoms in total. The Kier molecular flexibility index (Phi) is 5.22. The zero-order chi connectivity index (χ0) is 15.4. The first-order valence-corrected chi connectivity index (χ1v) is 7.88. The van der Waals surface area contributed by atoms with Crippen molar-refractivity contribution in [2.75, 3.05) is 5.32 Å². The predicted molar refractivity (Wildman–Crippen MR) is 94.1 cm³/mol. The van der Waals surface area contributed by atoms with E-state index in [4.69, 9.17) is 4.74 Å². The van der Waals surface area contributed by atoms with Gasteiger partial charge in [-0.1, -0.05) is 12.1 Å². The second-order valence-corrected chi connectivity index (χ2v) is 6.24. The fourth-order valence-corrected chi connectivity index (χ4v) is 2.59. The van der Waals surface area contributed by atoms with Gasteiger partial charge in [0.05, 0.1) is 11.7 Å². The Hall–Kier alpha value is -1.56. The lowest BCUT2D eigenvalue weighted by Crippen LogP contribution is -2.14. The van der Waals surface area contributed by atoms with Gasteiger partial charge in [-0.05, 0) is 79.3 Å². The van der Waals surface area contributed by atoms with E-state index in [-0.39, 0.29) is 12.0 Å². The molecule has 0 saturated carbocycles. The molecule has 1 amide bonds. The molecule has 21 heavy (non-hydrogen) atoms. The molecule has 2 aromatic rings. The Morgan fingerprint density at radius 3 is 2.52 bits per heavy atom. The highest BCUT2D eigenvalue weighted by Gasteiger charge is 2.11. The minimum atomic E-state index is -0.0966. The lowest BCUT2D eigenvalue weighted by molar-refractivity contribution is 0.102. The summed E-state index contributed by atoms with van der Waals surface area (Å²) >= 11 is 2.16. The molecule has 0 spiro atoms. The first-order chi connectivity index (χ1) is 9.97. The first kappa shape index (κ1) is 15.8. The Morgan fingerprint density at radius 1 is 1.19 bits per heavy atom. The molecule has 0 radical (unpaired) electrons. The zero-order valence-electron chi connectivity index (χ0n) is 12.3. The topological polar surface area (TPSA) is 38.3 Å². The van der Waals surface area contributed by atoms with Crippen molar-refractivity contribution in [3.8, 4) is 5.75 Å². The Balaban J connectivity index is 2.17. The normalized spacial score (nSPS) is 10.5. The van der Waals surface area contributed by atoms with E-state index in [0.29, 0.717) is 5.56 Å². The van der Waals surface area contributed by atoms with Crippen LogP contribution in [0.25, 0.3) is 0 Å². The van der Waals surface area contributed by atoms with Crippen LogP contribution in [0.5, 0.6) is 5.75 Å². The molecule has 2 aromatic carbocycles. The van der Waals surface area contributed by atoms with Gasteiger partial charge in [-0.3, -0.25) is 4.79 Å². The number of aryl methyl sites for hydroxylation is 1. The summed E-state index contributed by atoms with van der Waals surface area (Å²) < 4.78 is 6.58. The third-order valence-electron chi connectivity index (χ3n) is 2.94. The lowest BCUT2D eigenvalue weighted by Gasteiger charge is -2.13. The zero-order valence-corrected chi connectivity index (χ0v) is 14.5. The van der Waals surface area contributed by atoms with Gasteiger partial charge in [-0.15, -0.1) is 0 Å². The second-order valence-electron chi connectivity index (χ2n) is 5.08. The third-order valence-corrected chi connectivity index (χ3v) is 3.88. The van der Waals surface area contributed by atoms with Crippen LogP contribution in [-0.2, 0) is 0 Å². The smallest absolute Gasteiger partial charge is 0.256 e. The summed E-state index contributed by atoms with van der Waals surface area (Å²) in [6.45, 7) is 5.93. The number of nitrogens with one attached hydrogen (secondary N) is 1. The van der Waals surface area contributed by atoms with Crippen LogP contribution in [0.2, 0.25) is 0 Å². The van der Waals surface area contributed by atoms with Crippen LogP contribution in [0.3, 0.4) is 0 Å². The average Bonchev–Trinajstić information content (AvgIpc) is 2.41. The maximum absolute atomic E-state index is 12.3. The van der Waals surface area contributed by atoms with Crippen LogP contribution in [0.4, 0.5) is 5.69 Å². The van der Waals surface area contributed by atoms with Crippen molar-refractivity contribution >= 4 is 34.2 Å². The van der Waals surface area contributed by atoms with E-state index in [2.05, 4.69) is 27.9 Å². The van der Waals surface area contributed by atoms with Crippen molar-refractivity contribution in [1.82, 2.24) is 0 Å². The van der Waals surface area contributed by atoms with Crippen molar-refractivity contribution in [3.63, 3.8) is 0 Å². The Labute approximate surface area is 138 Å². The molecule has 2 rings (SSSR count). The van der Waals surface area contributed by atoms with Gasteiger partial charge in [0.25, 0.3) is 5.91 Å². The fraction of sp³-hybridized carbons (Fsp3) is 0.235. The van der Waals surface area contributed by atoms with Crippen molar-refractivity contribution in [3.05, 3.63) is 57.2 Å². The number of halogens is 1. The average molecular weight is 395 g/mol. The first-order valence-electron chi connectivity index (χ1n) is 6.80. The number of rotatable bonds is 4. The molecular weight excluding hydrogens is 377 g/mol. The fourth-order valence-electron chi connectivity index (χ4n) is 1.96. The van der Waals surface area contributed by atoms with Crippen molar-refractivity contribution in [1.29, 1.82) is 0 Å². The summed E-state index contributed by atoms with van der Waals surface area (Å²) in [5.74, 6) is 0.718. The third kappa shape index (κ3) is 4.20. The van der Waals surface area contributed by atoms with E-state index in [1.54, 1.807) is 0 Å². The van der Waals surface area contributed by atoms with Crippen LogP contribution in [-0.4, -0.2) is 12.0 Å². The summed E-state index contributed by atoms with van der Waals surface area (Å²) in [6.07, 6.45) is 0.135. The van der Waals surface area contributed by atoms with Gasteiger partial charge in [-0.2, -0.15) is 0 Å². The molecule has 0 aliphatic rings. The predicted octanol–water partition coefficient (Wildman–Crippen LogP) is 4.64. The molecule has 4 heteroatoms. The molecule has 0 heterocycles. The number of benzene rings is 2. The minimum Gasteiger partial charge on any atom is -0.491 e. The number of anilines is 1. The van der Waals surface area contributed by atoms with Crippen LogP contribution in [0.1, 0.15) is 29.8 Å². The summed E-state index contributed by atoms with van der Waals surface area (Å²) in [4.78, 5) is 12.3. The summed E-state index contributed by atoms with van der Waals surface area (Å²) in [5, 5.41) is 2.95. The Bertz CT molecular complexity index is 653. The van der Waals surface area contributed by atoms with Gasteiger partial charge in [0.1, 0.15) is 5.75 Å².